The first-order valence-corrected chi connectivity index (χ1v) is 8.96. The molecule has 0 bridgehead atoms. The van der Waals surface area contributed by atoms with Crippen molar-refractivity contribution >= 4 is 5.91 Å². The third-order valence-corrected chi connectivity index (χ3v) is 5.05. The van der Waals surface area contributed by atoms with Crippen LogP contribution in [-0.2, 0) is 11.3 Å². The molecule has 0 aromatic heterocycles. The minimum Gasteiger partial charge on any atom is -0.355 e. The molecule has 2 saturated carbocycles. The van der Waals surface area contributed by atoms with E-state index in [9.17, 15) is 9.18 Å². The number of carbonyl (C=O) groups is 1. The van der Waals surface area contributed by atoms with E-state index in [4.69, 9.17) is 0 Å². The quantitative estimate of drug-likeness (QED) is 0.835. The Balaban J connectivity index is 1.49. The molecule has 1 aromatic rings. The van der Waals surface area contributed by atoms with Gasteiger partial charge in [-0.15, -0.1) is 0 Å². The van der Waals surface area contributed by atoms with Crippen molar-refractivity contribution in [1.29, 1.82) is 0 Å². The third kappa shape index (κ3) is 5.03. The van der Waals surface area contributed by atoms with E-state index >= 15 is 0 Å². The van der Waals surface area contributed by atoms with Gasteiger partial charge in [0.1, 0.15) is 5.82 Å². The van der Waals surface area contributed by atoms with E-state index in [0.29, 0.717) is 30.6 Å². The van der Waals surface area contributed by atoms with Crippen LogP contribution in [0.3, 0.4) is 0 Å². The van der Waals surface area contributed by atoms with E-state index in [-0.39, 0.29) is 11.7 Å². The Morgan fingerprint density at radius 3 is 2.57 bits per heavy atom. The predicted molar refractivity (Wildman–Crippen MR) is 89.4 cm³/mol. The summed E-state index contributed by atoms with van der Waals surface area (Å²) in [6.07, 6.45) is 8.63. The number of amides is 1. The molecule has 2 aliphatic rings. The van der Waals surface area contributed by atoms with Crippen molar-refractivity contribution in [2.75, 3.05) is 13.1 Å². The van der Waals surface area contributed by atoms with Crippen molar-refractivity contribution < 1.29 is 9.18 Å². The predicted octanol–water partition coefficient (Wildman–Crippen LogP) is 3.49. The highest BCUT2D eigenvalue weighted by molar-refractivity contribution is 5.78. The van der Waals surface area contributed by atoms with Crippen LogP contribution in [0, 0.1) is 11.7 Å². The van der Waals surface area contributed by atoms with E-state index in [2.05, 4.69) is 10.2 Å². The summed E-state index contributed by atoms with van der Waals surface area (Å²) in [5, 5.41) is 3.09. The van der Waals surface area contributed by atoms with Crippen molar-refractivity contribution in [1.82, 2.24) is 10.2 Å². The van der Waals surface area contributed by atoms with Crippen LogP contribution >= 0.6 is 0 Å². The molecule has 3 nitrogen and oxygen atoms in total. The molecular formula is C19H27FN2O. The van der Waals surface area contributed by atoms with Gasteiger partial charge in [0.2, 0.25) is 5.91 Å². The van der Waals surface area contributed by atoms with Gasteiger partial charge >= 0.3 is 0 Å². The first-order valence-electron chi connectivity index (χ1n) is 8.96. The lowest BCUT2D eigenvalue weighted by Gasteiger charge is -2.24. The van der Waals surface area contributed by atoms with Crippen LogP contribution in [0.5, 0.6) is 0 Å². The number of halogens is 1. The molecule has 0 unspecified atom stereocenters. The van der Waals surface area contributed by atoms with E-state index < -0.39 is 0 Å². The minimum atomic E-state index is -0.180. The van der Waals surface area contributed by atoms with Crippen molar-refractivity contribution in [3.8, 4) is 0 Å². The summed E-state index contributed by atoms with van der Waals surface area (Å²) >= 11 is 0. The molecule has 2 fully saturated rings. The molecule has 0 heterocycles. The topological polar surface area (TPSA) is 32.3 Å². The van der Waals surface area contributed by atoms with Gasteiger partial charge in [-0.1, -0.05) is 37.5 Å². The zero-order valence-corrected chi connectivity index (χ0v) is 13.8. The van der Waals surface area contributed by atoms with Gasteiger partial charge in [0.05, 0.1) is 6.54 Å². The number of hydrogen-bond donors (Lipinski definition) is 1. The first kappa shape index (κ1) is 16.4. The fourth-order valence-corrected chi connectivity index (χ4v) is 3.49. The summed E-state index contributed by atoms with van der Waals surface area (Å²) in [6.45, 7) is 1.71. The number of nitrogens with one attached hydrogen (secondary N) is 1. The van der Waals surface area contributed by atoms with E-state index in [0.717, 1.165) is 19.4 Å². The van der Waals surface area contributed by atoms with Crippen molar-refractivity contribution in [2.45, 2.75) is 57.5 Å². The fourth-order valence-electron chi connectivity index (χ4n) is 3.49. The highest BCUT2D eigenvalue weighted by Crippen LogP contribution is 2.28. The summed E-state index contributed by atoms with van der Waals surface area (Å²) in [6, 6.07) is 7.30. The average Bonchev–Trinajstić information content (AvgIpc) is 3.40. The lowest BCUT2D eigenvalue weighted by atomic mass is 9.89. The molecule has 3 rings (SSSR count). The van der Waals surface area contributed by atoms with Gasteiger partial charge in [-0.2, -0.15) is 0 Å². The number of carbonyl (C=O) groups excluding carboxylic acids is 1. The summed E-state index contributed by atoms with van der Waals surface area (Å²) in [5.74, 6) is 0.549. The van der Waals surface area contributed by atoms with Crippen LogP contribution in [0.1, 0.15) is 50.5 Å². The van der Waals surface area contributed by atoms with E-state index in [1.165, 1.54) is 38.2 Å². The number of benzene rings is 1. The summed E-state index contributed by atoms with van der Waals surface area (Å²) in [4.78, 5) is 14.4. The Kier molecular flexibility index (Phi) is 5.65. The molecule has 0 atom stereocenters. The Labute approximate surface area is 138 Å². The van der Waals surface area contributed by atoms with Crippen LogP contribution in [0.25, 0.3) is 0 Å². The van der Waals surface area contributed by atoms with Crippen molar-refractivity contribution in [3.63, 3.8) is 0 Å². The zero-order chi connectivity index (χ0) is 16.1. The first-order chi connectivity index (χ1) is 11.2. The van der Waals surface area contributed by atoms with E-state index in [1.807, 2.05) is 12.1 Å². The van der Waals surface area contributed by atoms with Gasteiger partial charge in [-0.25, -0.2) is 4.39 Å². The van der Waals surface area contributed by atoms with Crippen LogP contribution in [0.4, 0.5) is 4.39 Å². The molecule has 126 valence electrons. The molecule has 1 amide bonds. The monoisotopic (exact) mass is 318 g/mol. The molecular weight excluding hydrogens is 291 g/mol. The second-order valence-electron chi connectivity index (χ2n) is 7.04. The highest BCUT2D eigenvalue weighted by atomic mass is 19.1. The molecule has 23 heavy (non-hydrogen) atoms. The van der Waals surface area contributed by atoms with Crippen LogP contribution < -0.4 is 5.32 Å². The molecule has 1 aromatic carbocycles. The Morgan fingerprint density at radius 1 is 1.13 bits per heavy atom. The molecule has 0 saturated heterocycles. The highest BCUT2D eigenvalue weighted by Gasteiger charge is 2.30. The van der Waals surface area contributed by atoms with Gasteiger partial charge in [0.15, 0.2) is 0 Å². The molecule has 0 aliphatic heterocycles. The SMILES string of the molecule is O=C(CN(Cc1ccccc1F)C1CC1)NCC1CCCCC1. The lowest BCUT2D eigenvalue weighted by molar-refractivity contribution is -0.122. The summed E-state index contributed by atoms with van der Waals surface area (Å²) in [7, 11) is 0. The number of rotatable bonds is 7. The van der Waals surface area contributed by atoms with Gasteiger partial charge in [0, 0.05) is 24.7 Å². The van der Waals surface area contributed by atoms with Gasteiger partial charge in [0.25, 0.3) is 0 Å². The summed E-state index contributed by atoms with van der Waals surface area (Å²) in [5.41, 5.74) is 0.680. The maximum atomic E-state index is 13.8. The van der Waals surface area contributed by atoms with Gasteiger partial charge in [-0.3, -0.25) is 9.69 Å². The third-order valence-electron chi connectivity index (χ3n) is 5.05. The Bertz CT molecular complexity index is 524. The second kappa shape index (κ2) is 7.91. The number of hydrogen-bond acceptors (Lipinski definition) is 2. The maximum Gasteiger partial charge on any atom is 0.234 e. The smallest absolute Gasteiger partial charge is 0.234 e. The largest absolute Gasteiger partial charge is 0.355 e. The molecule has 2 aliphatic carbocycles. The van der Waals surface area contributed by atoms with Crippen LogP contribution in [-0.4, -0.2) is 29.9 Å². The fraction of sp³-hybridized carbons (Fsp3) is 0.632. The Hall–Kier alpha value is -1.42. The molecule has 0 radical (unpaired) electrons. The van der Waals surface area contributed by atoms with E-state index in [1.54, 1.807) is 6.07 Å². The normalized spacial score (nSPS) is 19.0. The molecule has 1 N–H and O–H groups in total. The molecule has 4 heteroatoms. The lowest BCUT2D eigenvalue weighted by Crippen LogP contribution is -2.40. The van der Waals surface area contributed by atoms with Crippen LogP contribution in [0.2, 0.25) is 0 Å². The van der Waals surface area contributed by atoms with Gasteiger partial charge in [-0.05, 0) is 37.7 Å². The standard InChI is InChI=1S/C19H27FN2O/c20-18-9-5-4-8-16(18)13-22(17-10-11-17)14-19(23)21-12-15-6-2-1-3-7-15/h4-5,8-9,15,17H,1-3,6-7,10-14H2,(H,21,23). The van der Waals surface area contributed by atoms with Crippen molar-refractivity contribution in [3.05, 3.63) is 35.6 Å². The second-order valence-corrected chi connectivity index (χ2v) is 7.04. The van der Waals surface area contributed by atoms with Gasteiger partial charge < -0.3 is 5.32 Å². The molecule has 0 spiro atoms. The maximum absolute atomic E-state index is 13.8. The summed E-state index contributed by atoms with van der Waals surface area (Å²) < 4.78 is 13.8. The average molecular weight is 318 g/mol. The van der Waals surface area contributed by atoms with Crippen molar-refractivity contribution in [2.24, 2.45) is 5.92 Å². The van der Waals surface area contributed by atoms with Crippen LogP contribution in [0.15, 0.2) is 24.3 Å². The minimum absolute atomic E-state index is 0.0822. The Morgan fingerprint density at radius 2 is 1.87 bits per heavy atom. The zero-order valence-electron chi connectivity index (χ0n) is 13.8. The number of nitrogens with zero attached hydrogens (tertiary/aromatic N) is 1.